The van der Waals surface area contributed by atoms with Gasteiger partial charge < -0.3 is 19.5 Å². The van der Waals surface area contributed by atoms with Crippen LogP contribution in [0.5, 0.6) is 11.5 Å². The number of nitrogens with zero attached hydrogens (tertiary/aromatic N) is 3. The average Bonchev–Trinajstić information content (AvgIpc) is 3.35. The van der Waals surface area contributed by atoms with E-state index < -0.39 is 12.0 Å². The fraction of sp³-hybridized carbons (Fsp3) is 0.433. The third-order valence-corrected chi connectivity index (χ3v) is 7.26. The fourth-order valence-corrected chi connectivity index (χ4v) is 5.19. The molecule has 0 radical (unpaired) electrons. The fourth-order valence-electron chi connectivity index (χ4n) is 4.28. The summed E-state index contributed by atoms with van der Waals surface area (Å²) in [5, 5.41) is 8.77. The van der Waals surface area contributed by atoms with E-state index in [9.17, 15) is 4.79 Å². The van der Waals surface area contributed by atoms with Crippen LogP contribution < -0.4 is 14.8 Å². The Kier molecular flexibility index (Phi) is 10.3. The Morgan fingerprint density at radius 3 is 2.56 bits per heavy atom. The summed E-state index contributed by atoms with van der Waals surface area (Å²) in [5.41, 5.74) is 2.93. The highest BCUT2D eigenvalue weighted by Crippen LogP contribution is 2.40. The SMILES string of the molecule is CCCCOc1ccc(C2C(C(=O)OCc3ccccc3)=C(C)Nc3nc(SCCCC)nn32)cc1OCC. The van der Waals surface area contributed by atoms with Gasteiger partial charge in [-0.05, 0) is 49.9 Å². The topological polar surface area (TPSA) is 87.5 Å². The summed E-state index contributed by atoms with van der Waals surface area (Å²) in [6, 6.07) is 14.9. The van der Waals surface area contributed by atoms with Crippen molar-refractivity contribution in [2.45, 2.75) is 71.2 Å². The van der Waals surface area contributed by atoms with E-state index in [0.717, 1.165) is 42.6 Å². The molecule has 2 aromatic carbocycles. The van der Waals surface area contributed by atoms with Crippen molar-refractivity contribution in [3.05, 3.63) is 70.9 Å². The molecule has 8 nitrogen and oxygen atoms in total. The summed E-state index contributed by atoms with van der Waals surface area (Å²) in [6.07, 6.45) is 4.19. The quantitative estimate of drug-likeness (QED) is 0.134. The summed E-state index contributed by atoms with van der Waals surface area (Å²) >= 11 is 1.62. The highest BCUT2D eigenvalue weighted by molar-refractivity contribution is 7.99. The van der Waals surface area contributed by atoms with Crippen molar-refractivity contribution in [3.8, 4) is 11.5 Å². The van der Waals surface area contributed by atoms with Gasteiger partial charge >= 0.3 is 5.97 Å². The Morgan fingerprint density at radius 2 is 1.82 bits per heavy atom. The minimum atomic E-state index is -0.540. The molecule has 1 aliphatic heterocycles. The number of anilines is 1. The molecule has 1 atom stereocenters. The molecule has 1 aliphatic rings. The Bertz CT molecular complexity index is 1280. The summed E-state index contributed by atoms with van der Waals surface area (Å²) in [5.74, 6) is 2.44. The standard InChI is InChI=1S/C30H38N4O4S/c1-5-8-17-37-24-16-15-23(19-25(24)36-7-3)27-26(28(35)38-20-22-13-11-10-12-14-22)21(4)31-29-32-30(33-34(27)29)39-18-9-6-2/h10-16,19,27H,5-9,17-18,20H2,1-4H3,(H,31,32,33). The van der Waals surface area contributed by atoms with Crippen LogP contribution in [0.4, 0.5) is 5.95 Å². The Morgan fingerprint density at radius 1 is 1.03 bits per heavy atom. The largest absolute Gasteiger partial charge is 0.490 e. The molecule has 1 unspecified atom stereocenters. The van der Waals surface area contributed by atoms with E-state index in [2.05, 4.69) is 19.2 Å². The van der Waals surface area contributed by atoms with E-state index in [0.29, 0.717) is 47.1 Å². The third-order valence-electron chi connectivity index (χ3n) is 6.33. The number of rotatable bonds is 14. The normalized spacial score (nSPS) is 14.5. The molecular formula is C30H38N4O4S. The van der Waals surface area contributed by atoms with Crippen LogP contribution in [-0.4, -0.2) is 39.7 Å². The van der Waals surface area contributed by atoms with Crippen LogP contribution in [0.15, 0.2) is 65.0 Å². The Hall–Kier alpha value is -3.46. The van der Waals surface area contributed by atoms with E-state index in [1.807, 2.05) is 62.4 Å². The van der Waals surface area contributed by atoms with Crippen LogP contribution >= 0.6 is 11.8 Å². The van der Waals surface area contributed by atoms with Crippen molar-refractivity contribution in [1.29, 1.82) is 0 Å². The molecule has 0 amide bonds. The molecule has 4 rings (SSSR count). The Labute approximate surface area is 235 Å². The molecule has 0 saturated heterocycles. The lowest BCUT2D eigenvalue weighted by atomic mass is 9.95. The van der Waals surface area contributed by atoms with Gasteiger partial charge in [-0.25, -0.2) is 9.48 Å². The highest BCUT2D eigenvalue weighted by atomic mass is 32.2. The summed E-state index contributed by atoms with van der Waals surface area (Å²) in [6.45, 7) is 9.40. The molecule has 0 fully saturated rings. The predicted octanol–water partition coefficient (Wildman–Crippen LogP) is 6.78. The van der Waals surface area contributed by atoms with Crippen molar-refractivity contribution in [3.63, 3.8) is 0 Å². The lowest BCUT2D eigenvalue weighted by molar-refractivity contribution is -0.140. The number of benzene rings is 2. The molecule has 1 N–H and O–H groups in total. The smallest absolute Gasteiger partial charge is 0.338 e. The van der Waals surface area contributed by atoms with E-state index in [-0.39, 0.29) is 6.61 Å². The lowest BCUT2D eigenvalue weighted by Gasteiger charge is -2.28. The second kappa shape index (κ2) is 14.1. The maximum absolute atomic E-state index is 13.6. The van der Waals surface area contributed by atoms with Gasteiger partial charge in [-0.3, -0.25) is 0 Å². The van der Waals surface area contributed by atoms with Gasteiger partial charge in [0.05, 0.1) is 18.8 Å². The van der Waals surface area contributed by atoms with Crippen molar-refractivity contribution >= 4 is 23.7 Å². The zero-order chi connectivity index (χ0) is 27.6. The first kappa shape index (κ1) is 28.5. The number of carbonyl (C=O) groups excluding carboxylic acids is 1. The van der Waals surface area contributed by atoms with Gasteiger partial charge in [-0.15, -0.1) is 5.10 Å². The number of thioether (sulfide) groups is 1. The summed E-state index contributed by atoms with van der Waals surface area (Å²) in [7, 11) is 0. The van der Waals surface area contributed by atoms with E-state index >= 15 is 0 Å². The molecule has 208 valence electrons. The average molecular weight is 551 g/mol. The number of ether oxygens (including phenoxy) is 3. The molecule has 0 saturated carbocycles. The van der Waals surface area contributed by atoms with Gasteiger partial charge in [0, 0.05) is 11.4 Å². The number of allylic oxidation sites excluding steroid dienone is 1. The summed E-state index contributed by atoms with van der Waals surface area (Å²) in [4.78, 5) is 18.3. The number of nitrogens with one attached hydrogen (secondary N) is 1. The van der Waals surface area contributed by atoms with E-state index in [4.69, 9.17) is 24.3 Å². The van der Waals surface area contributed by atoms with Crippen LogP contribution in [0.25, 0.3) is 0 Å². The van der Waals surface area contributed by atoms with Crippen molar-refractivity contribution < 1.29 is 19.0 Å². The van der Waals surface area contributed by atoms with Gasteiger partial charge in [0.2, 0.25) is 11.1 Å². The molecule has 3 aromatic rings. The number of hydrogen-bond donors (Lipinski definition) is 1. The number of aromatic nitrogens is 3. The molecule has 1 aromatic heterocycles. The monoisotopic (exact) mass is 550 g/mol. The molecule has 2 heterocycles. The molecule has 39 heavy (non-hydrogen) atoms. The van der Waals surface area contributed by atoms with Crippen LogP contribution in [0.2, 0.25) is 0 Å². The van der Waals surface area contributed by atoms with Crippen molar-refractivity contribution in [2.75, 3.05) is 24.3 Å². The van der Waals surface area contributed by atoms with Gasteiger partial charge in [0.25, 0.3) is 0 Å². The second-order valence-electron chi connectivity index (χ2n) is 9.33. The number of esters is 1. The number of carbonyl (C=O) groups is 1. The third kappa shape index (κ3) is 7.15. The lowest BCUT2D eigenvalue weighted by Crippen LogP contribution is -2.29. The van der Waals surface area contributed by atoms with Gasteiger partial charge in [-0.1, -0.05) is 74.8 Å². The zero-order valence-corrected chi connectivity index (χ0v) is 24.1. The Balaban J connectivity index is 1.70. The zero-order valence-electron chi connectivity index (χ0n) is 23.2. The van der Waals surface area contributed by atoms with E-state index in [1.165, 1.54) is 0 Å². The number of fused-ring (bicyclic) bond motifs is 1. The van der Waals surface area contributed by atoms with Crippen molar-refractivity contribution in [1.82, 2.24) is 14.8 Å². The van der Waals surface area contributed by atoms with Crippen molar-refractivity contribution in [2.24, 2.45) is 0 Å². The van der Waals surface area contributed by atoms with Crippen LogP contribution in [-0.2, 0) is 16.1 Å². The maximum Gasteiger partial charge on any atom is 0.338 e. The molecule has 0 spiro atoms. The maximum atomic E-state index is 13.6. The van der Waals surface area contributed by atoms with E-state index in [1.54, 1.807) is 16.4 Å². The number of hydrogen-bond acceptors (Lipinski definition) is 8. The minimum absolute atomic E-state index is 0.180. The van der Waals surface area contributed by atoms with Crippen LogP contribution in [0, 0.1) is 0 Å². The number of unbranched alkanes of at least 4 members (excludes halogenated alkanes) is 2. The first-order valence-corrected chi connectivity index (χ1v) is 14.7. The predicted molar refractivity (Wildman–Crippen MR) is 154 cm³/mol. The first-order valence-electron chi connectivity index (χ1n) is 13.7. The van der Waals surface area contributed by atoms with Gasteiger partial charge in [-0.2, -0.15) is 4.98 Å². The molecular weight excluding hydrogens is 512 g/mol. The highest BCUT2D eigenvalue weighted by Gasteiger charge is 2.36. The van der Waals surface area contributed by atoms with Gasteiger partial charge in [0.15, 0.2) is 11.5 Å². The first-order chi connectivity index (χ1) is 19.0. The molecule has 0 aliphatic carbocycles. The summed E-state index contributed by atoms with van der Waals surface area (Å²) < 4.78 is 19.5. The molecule has 0 bridgehead atoms. The van der Waals surface area contributed by atoms with Crippen LogP contribution in [0.1, 0.15) is 70.5 Å². The van der Waals surface area contributed by atoms with Gasteiger partial charge in [0.1, 0.15) is 12.6 Å². The second-order valence-corrected chi connectivity index (χ2v) is 10.4. The minimum Gasteiger partial charge on any atom is -0.490 e. The van der Waals surface area contributed by atoms with Crippen LogP contribution in [0.3, 0.4) is 0 Å². The molecule has 9 heteroatoms.